The first-order valence-electron chi connectivity index (χ1n) is 5.64. The average Bonchev–Trinajstić information content (AvgIpc) is 2.88. The summed E-state index contributed by atoms with van der Waals surface area (Å²) in [6.07, 6.45) is 0. The highest BCUT2D eigenvalue weighted by molar-refractivity contribution is 7.98. The molecule has 0 unspecified atom stereocenters. The minimum Gasteiger partial charge on any atom is -0.338 e. The fourth-order valence-electron chi connectivity index (χ4n) is 1.57. The molecule has 1 aromatic carbocycles. The van der Waals surface area contributed by atoms with E-state index in [0.29, 0.717) is 28.8 Å². The fourth-order valence-corrected chi connectivity index (χ4v) is 2.06. The van der Waals surface area contributed by atoms with Crippen LogP contribution in [0.15, 0.2) is 22.7 Å². The van der Waals surface area contributed by atoms with Crippen LogP contribution in [-0.2, 0) is 5.75 Å². The second-order valence-electron chi connectivity index (χ2n) is 3.92. The molecule has 0 saturated heterocycles. The van der Waals surface area contributed by atoms with Crippen LogP contribution in [0, 0.1) is 28.4 Å². The number of thioether (sulfide) groups is 1. The van der Waals surface area contributed by atoms with Gasteiger partial charge in [0.1, 0.15) is 0 Å². The lowest BCUT2D eigenvalue weighted by molar-refractivity contribution is -0.384. The molecule has 102 valence electrons. The Kier molecular flexibility index (Phi) is 4.32. The first-order chi connectivity index (χ1) is 9.61. The lowest BCUT2D eigenvalue weighted by Crippen LogP contribution is -1.92. The zero-order valence-corrected chi connectivity index (χ0v) is 11.4. The van der Waals surface area contributed by atoms with Crippen molar-refractivity contribution in [1.82, 2.24) is 10.1 Å². The molecule has 8 heteroatoms. The van der Waals surface area contributed by atoms with Gasteiger partial charge in [-0.15, -0.1) is 11.8 Å². The molecule has 0 N–H and O–H groups in total. The Bertz CT molecular complexity index is 678. The number of nitro groups is 1. The second kappa shape index (κ2) is 6.16. The Morgan fingerprint density at radius 2 is 2.35 bits per heavy atom. The van der Waals surface area contributed by atoms with Gasteiger partial charge < -0.3 is 4.52 Å². The van der Waals surface area contributed by atoms with Crippen molar-refractivity contribution in [3.05, 3.63) is 39.8 Å². The van der Waals surface area contributed by atoms with Crippen molar-refractivity contribution >= 4 is 17.4 Å². The Labute approximate surface area is 118 Å². The van der Waals surface area contributed by atoms with Crippen LogP contribution in [0.25, 0.3) is 11.4 Å². The van der Waals surface area contributed by atoms with E-state index in [1.54, 1.807) is 6.07 Å². The van der Waals surface area contributed by atoms with Gasteiger partial charge in [0.15, 0.2) is 0 Å². The van der Waals surface area contributed by atoms with Gasteiger partial charge in [0.2, 0.25) is 11.7 Å². The Morgan fingerprint density at radius 1 is 1.55 bits per heavy atom. The summed E-state index contributed by atoms with van der Waals surface area (Å²) < 4.78 is 5.06. The molecular formula is C12H10N4O3S. The van der Waals surface area contributed by atoms with Crippen LogP contribution >= 0.6 is 11.8 Å². The number of non-ortho nitro benzene ring substituents is 1. The second-order valence-corrected chi connectivity index (χ2v) is 4.90. The number of aromatic nitrogens is 2. The zero-order valence-electron chi connectivity index (χ0n) is 10.6. The molecule has 0 fully saturated rings. The summed E-state index contributed by atoms with van der Waals surface area (Å²) in [6.45, 7) is 1.82. The standard InChI is InChI=1S/C12H10N4O3S/c1-8-2-3-9(16(17)18)6-10(8)12-14-11(19-15-12)7-20-5-4-13/h2-3,6H,5,7H2,1H3. The van der Waals surface area contributed by atoms with E-state index in [9.17, 15) is 10.1 Å². The molecule has 0 aliphatic heterocycles. The first kappa shape index (κ1) is 14.0. The van der Waals surface area contributed by atoms with Gasteiger partial charge in [0.05, 0.1) is 22.5 Å². The molecule has 0 radical (unpaired) electrons. The highest BCUT2D eigenvalue weighted by Gasteiger charge is 2.15. The monoisotopic (exact) mass is 290 g/mol. The first-order valence-corrected chi connectivity index (χ1v) is 6.80. The van der Waals surface area contributed by atoms with Crippen LogP contribution in [0.4, 0.5) is 5.69 Å². The number of hydrogen-bond donors (Lipinski definition) is 0. The van der Waals surface area contributed by atoms with Gasteiger partial charge in [-0.3, -0.25) is 10.1 Å². The van der Waals surface area contributed by atoms with Crippen molar-refractivity contribution < 1.29 is 9.45 Å². The third-order valence-electron chi connectivity index (χ3n) is 2.53. The zero-order chi connectivity index (χ0) is 14.5. The minimum atomic E-state index is -0.466. The third-order valence-corrected chi connectivity index (χ3v) is 3.32. The quantitative estimate of drug-likeness (QED) is 0.473. The summed E-state index contributed by atoms with van der Waals surface area (Å²) in [6, 6.07) is 6.51. The molecule has 2 rings (SSSR count). The molecule has 0 aliphatic rings. The fraction of sp³-hybridized carbons (Fsp3) is 0.250. The number of rotatable bonds is 5. The predicted molar refractivity (Wildman–Crippen MR) is 72.9 cm³/mol. The molecule has 7 nitrogen and oxygen atoms in total. The van der Waals surface area contributed by atoms with E-state index < -0.39 is 4.92 Å². The maximum atomic E-state index is 10.8. The van der Waals surface area contributed by atoms with Gasteiger partial charge in [-0.05, 0) is 12.5 Å². The maximum Gasteiger partial charge on any atom is 0.270 e. The molecule has 2 aromatic rings. The Hall–Kier alpha value is -2.40. The van der Waals surface area contributed by atoms with E-state index in [-0.39, 0.29) is 5.69 Å². The van der Waals surface area contributed by atoms with E-state index >= 15 is 0 Å². The van der Waals surface area contributed by atoms with Gasteiger partial charge >= 0.3 is 0 Å². The minimum absolute atomic E-state index is 0.0178. The van der Waals surface area contributed by atoms with Gasteiger partial charge in [-0.1, -0.05) is 11.2 Å². The summed E-state index contributed by atoms with van der Waals surface area (Å²) in [7, 11) is 0. The summed E-state index contributed by atoms with van der Waals surface area (Å²) >= 11 is 1.36. The predicted octanol–water partition coefficient (Wildman–Crippen LogP) is 2.71. The summed E-state index contributed by atoms with van der Waals surface area (Å²) in [5.41, 5.74) is 1.38. The van der Waals surface area contributed by atoms with Gasteiger partial charge in [-0.25, -0.2) is 0 Å². The van der Waals surface area contributed by atoms with Crippen LogP contribution in [0.1, 0.15) is 11.5 Å². The van der Waals surface area contributed by atoms with Crippen molar-refractivity contribution in [1.29, 1.82) is 5.26 Å². The molecule has 0 atom stereocenters. The Balaban J connectivity index is 2.25. The highest BCUT2D eigenvalue weighted by atomic mass is 32.2. The number of nitrogens with zero attached hydrogens (tertiary/aromatic N) is 4. The molecule has 1 heterocycles. The van der Waals surface area contributed by atoms with Crippen molar-refractivity contribution in [2.24, 2.45) is 0 Å². The molecule has 1 aromatic heterocycles. The van der Waals surface area contributed by atoms with Gasteiger partial charge in [0, 0.05) is 17.7 Å². The molecule has 0 amide bonds. The number of hydrogen-bond acceptors (Lipinski definition) is 7. The van der Waals surface area contributed by atoms with Crippen LogP contribution in [0.5, 0.6) is 0 Å². The van der Waals surface area contributed by atoms with E-state index in [2.05, 4.69) is 10.1 Å². The van der Waals surface area contributed by atoms with E-state index in [4.69, 9.17) is 9.78 Å². The van der Waals surface area contributed by atoms with E-state index in [1.165, 1.54) is 23.9 Å². The number of benzene rings is 1. The third kappa shape index (κ3) is 3.13. The van der Waals surface area contributed by atoms with Crippen LogP contribution in [0.3, 0.4) is 0 Å². The smallest absolute Gasteiger partial charge is 0.270 e. The van der Waals surface area contributed by atoms with Crippen molar-refractivity contribution in [3.63, 3.8) is 0 Å². The maximum absolute atomic E-state index is 10.8. The van der Waals surface area contributed by atoms with Crippen LogP contribution in [-0.4, -0.2) is 20.8 Å². The average molecular weight is 290 g/mol. The molecular weight excluding hydrogens is 280 g/mol. The lowest BCUT2D eigenvalue weighted by atomic mass is 10.1. The molecule has 0 spiro atoms. The van der Waals surface area contributed by atoms with Crippen molar-refractivity contribution in [2.75, 3.05) is 5.75 Å². The summed E-state index contributed by atoms with van der Waals surface area (Å²) in [5.74, 6) is 1.49. The van der Waals surface area contributed by atoms with E-state index in [0.717, 1.165) is 5.56 Å². The van der Waals surface area contributed by atoms with Crippen molar-refractivity contribution in [2.45, 2.75) is 12.7 Å². The molecule has 0 saturated carbocycles. The largest absolute Gasteiger partial charge is 0.338 e. The van der Waals surface area contributed by atoms with E-state index in [1.807, 2.05) is 13.0 Å². The highest BCUT2D eigenvalue weighted by Crippen LogP contribution is 2.26. The van der Waals surface area contributed by atoms with Crippen LogP contribution in [0.2, 0.25) is 0 Å². The van der Waals surface area contributed by atoms with Crippen LogP contribution < -0.4 is 0 Å². The topological polar surface area (TPSA) is 106 Å². The Morgan fingerprint density at radius 3 is 3.05 bits per heavy atom. The SMILES string of the molecule is Cc1ccc([N+](=O)[O-])cc1-c1noc(CSCC#N)n1. The number of nitriles is 1. The number of aryl methyl sites for hydroxylation is 1. The summed E-state index contributed by atoms with van der Waals surface area (Å²) in [5, 5.41) is 23.0. The van der Waals surface area contributed by atoms with Gasteiger partial charge in [0.25, 0.3) is 5.69 Å². The number of nitro benzene ring substituents is 1. The van der Waals surface area contributed by atoms with Crippen molar-refractivity contribution in [3.8, 4) is 17.5 Å². The normalized spacial score (nSPS) is 10.2. The molecule has 0 bridgehead atoms. The molecule has 20 heavy (non-hydrogen) atoms. The van der Waals surface area contributed by atoms with Gasteiger partial charge in [-0.2, -0.15) is 10.2 Å². The molecule has 0 aliphatic carbocycles. The summed E-state index contributed by atoms with van der Waals surface area (Å²) in [4.78, 5) is 14.5. The lowest BCUT2D eigenvalue weighted by Gasteiger charge is -2.00.